The van der Waals surface area contributed by atoms with Gasteiger partial charge in [0.25, 0.3) is 0 Å². The Morgan fingerprint density at radius 1 is 1.50 bits per heavy atom. The molecule has 0 amide bonds. The molecule has 1 aliphatic rings. The van der Waals surface area contributed by atoms with Crippen LogP contribution in [0.1, 0.15) is 0 Å². The molecule has 1 fully saturated rings. The molecule has 1 aromatic heterocycles. The van der Waals surface area contributed by atoms with E-state index >= 15 is 0 Å². The van der Waals surface area contributed by atoms with Crippen molar-refractivity contribution in [2.75, 3.05) is 31.1 Å². The van der Waals surface area contributed by atoms with Crippen molar-refractivity contribution >= 4 is 5.82 Å². The van der Waals surface area contributed by atoms with Crippen LogP contribution in [0.5, 0.6) is 0 Å². The molecule has 1 saturated heterocycles. The Morgan fingerprint density at radius 3 is 3.00 bits per heavy atom. The van der Waals surface area contributed by atoms with Gasteiger partial charge in [0, 0.05) is 32.2 Å². The standard InChI is InChI=1S/C10H16N4/c1-2-7-14-10(3-4-12-14)13-8-5-11-6-9-13/h2-4,11H,1,5-9H2. The fourth-order valence-corrected chi connectivity index (χ4v) is 1.75. The van der Waals surface area contributed by atoms with Crippen LogP contribution < -0.4 is 10.2 Å². The normalized spacial score (nSPS) is 17.0. The predicted octanol–water partition coefficient (Wildman–Crippen LogP) is 0.479. The summed E-state index contributed by atoms with van der Waals surface area (Å²) in [5.74, 6) is 1.20. The summed E-state index contributed by atoms with van der Waals surface area (Å²) in [6.07, 6.45) is 3.72. The Hall–Kier alpha value is -1.29. The highest BCUT2D eigenvalue weighted by Crippen LogP contribution is 2.13. The maximum Gasteiger partial charge on any atom is 0.127 e. The summed E-state index contributed by atoms with van der Waals surface area (Å²) in [5, 5.41) is 7.60. The van der Waals surface area contributed by atoms with Crippen molar-refractivity contribution in [1.29, 1.82) is 0 Å². The second-order valence-corrected chi connectivity index (χ2v) is 3.40. The van der Waals surface area contributed by atoms with Gasteiger partial charge in [-0.1, -0.05) is 6.08 Å². The van der Waals surface area contributed by atoms with Crippen molar-refractivity contribution in [3.8, 4) is 0 Å². The van der Waals surface area contributed by atoms with Gasteiger partial charge >= 0.3 is 0 Å². The van der Waals surface area contributed by atoms with Crippen LogP contribution in [0.3, 0.4) is 0 Å². The van der Waals surface area contributed by atoms with Crippen LogP contribution in [-0.2, 0) is 6.54 Å². The van der Waals surface area contributed by atoms with Gasteiger partial charge in [0.15, 0.2) is 0 Å². The number of rotatable bonds is 3. The Bertz CT molecular complexity index is 299. The molecule has 2 heterocycles. The highest BCUT2D eigenvalue weighted by molar-refractivity contribution is 5.39. The average Bonchev–Trinajstić information content (AvgIpc) is 2.68. The van der Waals surface area contributed by atoms with Crippen molar-refractivity contribution in [2.45, 2.75) is 6.54 Å². The molecule has 0 atom stereocenters. The fraction of sp³-hybridized carbons (Fsp3) is 0.500. The summed E-state index contributed by atoms with van der Waals surface area (Å²) in [6.45, 7) is 8.74. The highest BCUT2D eigenvalue weighted by atomic mass is 15.4. The second kappa shape index (κ2) is 4.28. The molecular formula is C10H16N4. The summed E-state index contributed by atoms with van der Waals surface area (Å²) in [6, 6.07) is 2.06. The van der Waals surface area contributed by atoms with Crippen LogP contribution in [0.2, 0.25) is 0 Å². The Balaban J connectivity index is 2.12. The van der Waals surface area contributed by atoms with E-state index in [0.717, 1.165) is 32.7 Å². The van der Waals surface area contributed by atoms with Gasteiger partial charge in [0.2, 0.25) is 0 Å². The third-order valence-electron chi connectivity index (χ3n) is 2.44. The average molecular weight is 192 g/mol. The van der Waals surface area contributed by atoms with E-state index in [2.05, 4.69) is 28.0 Å². The Kier molecular flexibility index (Phi) is 2.84. The van der Waals surface area contributed by atoms with Crippen molar-refractivity contribution in [1.82, 2.24) is 15.1 Å². The topological polar surface area (TPSA) is 33.1 Å². The van der Waals surface area contributed by atoms with Crippen LogP contribution in [0, 0.1) is 0 Å². The molecule has 2 rings (SSSR count). The molecule has 14 heavy (non-hydrogen) atoms. The van der Waals surface area contributed by atoms with Gasteiger partial charge in [0.1, 0.15) is 5.82 Å². The molecule has 76 valence electrons. The van der Waals surface area contributed by atoms with E-state index in [1.165, 1.54) is 5.82 Å². The van der Waals surface area contributed by atoms with Crippen LogP contribution in [0.4, 0.5) is 5.82 Å². The van der Waals surface area contributed by atoms with Gasteiger partial charge in [0.05, 0.1) is 12.7 Å². The first-order valence-electron chi connectivity index (χ1n) is 5.00. The van der Waals surface area contributed by atoms with E-state index in [0.29, 0.717) is 0 Å². The Morgan fingerprint density at radius 2 is 2.29 bits per heavy atom. The van der Waals surface area contributed by atoms with Crippen molar-refractivity contribution in [3.05, 3.63) is 24.9 Å². The smallest absolute Gasteiger partial charge is 0.127 e. The number of piperazine rings is 1. The molecule has 0 aliphatic carbocycles. The van der Waals surface area contributed by atoms with E-state index in [1.54, 1.807) is 0 Å². The van der Waals surface area contributed by atoms with E-state index in [4.69, 9.17) is 0 Å². The third kappa shape index (κ3) is 1.80. The van der Waals surface area contributed by atoms with Gasteiger partial charge in [-0.15, -0.1) is 6.58 Å². The largest absolute Gasteiger partial charge is 0.354 e. The zero-order chi connectivity index (χ0) is 9.80. The molecule has 1 aromatic rings. The van der Waals surface area contributed by atoms with Crippen molar-refractivity contribution < 1.29 is 0 Å². The first-order chi connectivity index (χ1) is 6.92. The lowest BCUT2D eigenvalue weighted by atomic mass is 10.3. The van der Waals surface area contributed by atoms with E-state index in [1.807, 2.05) is 17.0 Å². The number of nitrogens with one attached hydrogen (secondary N) is 1. The Labute approximate surface area is 84.2 Å². The summed E-state index contributed by atoms with van der Waals surface area (Å²) >= 11 is 0. The lowest BCUT2D eigenvalue weighted by Crippen LogP contribution is -2.44. The molecule has 1 N–H and O–H groups in total. The molecule has 1 aliphatic heterocycles. The molecule has 0 aromatic carbocycles. The molecule has 4 nitrogen and oxygen atoms in total. The predicted molar refractivity (Wildman–Crippen MR) is 57.5 cm³/mol. The van der Waals surface area contributed by atoms with E-state index in [9.17, 15) is 0 Å². The summed E-state index contributed by atoms with van der Waals surface area (Å²) in [7, 11) is 0. The molecule has 0 bridgehead atoms. The zero-order valence-electron chi connectivity index (χ0n) is 8.32. The molecule has 0 radical (unpaired) electrons. The van der Waals surface area contributed by atoms with Gasteiger partial charge in [-0.3, -0.25) is 0 Å². The molecule has 0 saturated carbocycles. The minimum atomic E-state index is 0.784. The van der Waals surface area contributed by atoms with E-state index < -0.39 is 0 Å². The summed E-state index contributed by atoms with van der Waals surface area (Å²) in [5.41, 5.74) is 0. The molecular weight excluding hydrogens is 176 g/mol. The van der Waals surface area contributed by atoms with Crippen LogP contribution in [-0.4, -0.2) is 36.0 Å². The maximum atomic E-state index is 4.26. The second-order valence-electron chi connectivity index (χ2n) is 3.40. The molecule has 0 spiro atoms. The monoisotopic (exact) mass is 192 g/mol. The molecule has 0 unspecified atom stereocenters. The minimum Gasteiger partial charge on any atom is -0.354 e. The van der Waals surface area contributed by atoms with Crippen LogP contribution in [0.25, 0.3) is 0 Å². The fourth-order valence-electron chi connectivity index (χ4n) is 1.75. The number of hydrogen-bond donors (Lipinski definition) is 1. The summed E-state index contributed by atoms with van der Waals surface area (Å²) < 4.78 is 1.98. The lowest BCUT2D eigenvalue weighted by Gasteiger charge is -2.29. The highest BCUT2D eigenvalue weighted by Gasteiger charge is 2.13. The maximum absolute atomic E-state index is 4.26. The first kappa shape index (κ1) is 9.27. The van der Waals surface area contributed by atoms with Crippen molar-refractivity contribution in [3.63, 3.8) is 0 Å². The number of allylic oxidation sites excluding steroid dienone is 1. The van der Waals surface area contributed by atoms with Crippen LogP contribution in [0.15, 0.2) is 24.9 Å². The van der Waals surface area contributed by atoms with Gasteiger partial charge in [-0.25, -0.2) is 4.68 Å². The third-order valence-corrected chi connectivity index (χ3v) is 2.44. The quantitative estimate of drug-likeness (QED) is 0.707. The van der Waals surface area contributed by atoms with Gasteiger partial charge in [-0.2, -0.15) is 5.10 Å². The zero-order valence-corrected chi connectivity index (χ0v) is 8.32. The van der Waals surface area contributed by atoms with Crippen LogP contribution >= 0.6 is 0 Å². The SMILES string of the molecule is C=CCn1nccc1N1CCNCC1. The lowest BCUT2D eigenvalue weighted by molar-refractivity contribution is 0.566. The minimum absolute atomic E-state index is 0.784. The van der Waals surface area contributed by atoms with E-state index in [-0.39, 0.29) is 0 Å². The number of anilines is 1. The number of aromatic nitrogens is 2. The number of nitrogens with zero attached hydrogens (tertiary/aromatic N) is 3. The van der Waals surface area contributed by atoms with Gasteiger partial charge in [-0.05, 0) is 0 Å². The molecule has 4 heteroatoms. The first-order valence-corrected chi connectivity index (χ1v) is 5.00. The van der Waals surface area contributed by atoms with Gasteiger partial charge < -0.3 is 10.2 Å². The van der Waals surface area contributed by atoms with Crippen molar-refractivity contribution in [2.24, 2.45) is 0 Å². The summed E-state index contributed by atoms with van der Waals surface area (Å²) in [4.78, 5) is 2.35. The number of hydrogen-bond acceptors (Lipinski definition) is 3.